The highest BCUT2D eigenvalue weighted by atomic mass is 79.9. The van der Waals surface area contributed by atoms with Crippen LogP contribution in [0.3, 0.4) is 0 Å². The molecular weight excluding hydrogens is 297 g/mol. The van der Waals surface area contributed by atoms with Gasteiger partial charge < -0.3 is 10.3 Å². The summed E-state index contributed by atoms with van der Waals surface area (Å²) < 4.78 is 15.5. The zero-order valence-corrected chi connectivity index (χ0v) is 11.5. The molecule has 0 aliphatic rings. The van der Waals surface area contributed by atoms with Crippen molar-refractivity contribution in [1.29, 1.82) is 0 Å². The van der Waals surface area contributed by atoms with E-state index in [0.29, 0.717) is 22.5 Å². The van der Waals surface area contributed by atoms with Gasteiger partial charge >= 0.3 is 0 Å². The van der Waals surface area contributed by atoms with Crippen molar-refractivity contribution < 1.29 is 4.39 Å². The Bertz CT molecular complexity index is 605. The van der Waals surface area contributed by atoms with Crippen LogP contribution >= 0.6 is 15.9 Å². The van der Waals surface area contributed by atoms with Gasteiger partial charge in [0.2, 0.25) is 0 Å². The molecule has 1 aromatic carbocycles. The average Bonchev–Trinajstić information content (AvgIpc) is 2.61. The topological polar surface area (TPSA) is 43.8 Å². The Labute approximate surface area is 113 Å². The Kier molecular flexibility index (Phi) is 3.52. The first-order chi connectivity index (χ1) is 8.54. The number of nitrogens with zero attached hydrogens (tertiary/aromatic N) is 2. The van der Waals surface area contributed by atoms with Gasteiger partial charge in [-0.05, 0) is 41.1 Å². The van der Waals surface area contributed by atoms with Crippen LogP contribution in [0, 0.1) is 12.7 Å². The van der Waals surface area contributed by atoms with Crippen LogP contribution in [0.1, 0.15) is 5.82 Å². The van der Waals surface area contributed by atoms with Gasteiger partial charge in [0.15, 0.2) is 0 Å². The van der Waals surface area contributed by atoms with E-state index in [1.54, 1.807) is 18.2 Å². The second-order valence-electron chi connectivity index (χ2n) is 3.92. The van der Waals surface area contributed by atoms with Crippen molar-refractivity contribution in [1.82, 2.24) is 9.55 Å². The molecule has 18 heavy (non-hydrogen) atoms. The number of allylic oxidation sites excluding steroid dienone is 1. The number of aryl methyl sites for hydroxylation is 1. The van der Waals surface area contributed by atoms with Crippen LogP contribution in [-0.4, -0.2) is 9.55 Å². The molecule has 1 heterocycles. The minimum atomic E-state index is -0.306. The van der Waals surface area contributed by atoms with Crippen molar-refractivity contribution in [2.75, 3.05) is 5.73 Å². The fraction of sp³-hybridized carbons (Fsp3) is 0.154. The third kappa shape index (κ3) is 2.18. The number of hydrogen-bond donors (Lipinski definition) is 1. The van der Waals surface area contributed by atoms with Crippen LogP contribution in [0.15, 0.2) is 35.3 Å². The van der Waals surface area contributed by atoms with E-state index in [1.165, 1.54) is 6.07 Å². The Hall–Kier alpha value is -1.62. The second kappa shape index (κ2) is 4.94. The molecule has 3 nitrogen and oxygen atoms in total. The molecule has 0 unspecified atom stereocenters. The zero-order valence-electron chi connectivity index (χ0n) is 9.95. The molecule has 0 radical (unpaired) electrons. The molecule has 0 aliphatic heterocycles. The van der Waals surface area contributed by atoms with Gasteiger partial charge in [0.05, 0.1) is 4.47 Å². The van der Waals surface area contributed by atoms with E-state index in [4.69, 9.17) is 5.73 Å². The normalized spacial score (nSPS) is 10.6. The molecule has 0 spiro atoms. The van der Waals surface area contributed by atoms with E-state index in [2.05, 4.69) is 27.5 Å². The maximum atomic E-state index is 13.2. The Morgan fingerprint density at radius 3 is 2.89 bits per heavy atom. The Morgan fingerprint density at radius 2 is 2.28 bits per heavy atom. The molecule has 0 saturated heterocycles. The zero-order chi connectivity index (χ0) is 13.3. The first-order valence-corrected chi connectivity index (χ1v) is 6.22. The van der Waals surface area contributed by atoms with Crippen molar-refractivity contribution in [2.45, 2.75) is 13.5 Å². The highest BCUT2D eigenvalue weighted by Crippen LogP contribution is 2.29. The molecule has 0 fully saturated rings. The van der Waals surface area contributed by atoms with Crippen molar-refractivity contribution in [3.05, 3.63) is 47.0 Å². The van der Waals surface area contributed by atoms with Crippen molar-refractivity contribution in [2.24, 2.45) is 0 Å². The maximum Gasteiger partial charge on any atom is 0.137 e. The predicted octanol–water partition coefficient (Wildman–Crippen LogP) is 3.53. The molecular formula is C13H13BrFN3. The van der Waals surface area contributed by atoms with Crippen LogP contribution in [0.4, 0.5) is 10.2 Å². The van der Waals surface area contributed by atoms with E-state index in [9.17, 15) is 4.39 Å². The second-order valence-corrected chi connectivity index (χ2v) is 4.78. The molecule has 0 amide bonds. The summed E-state index contributed by atoms with van der Waals surface area (Å²) in [4.78, 5) is 4.42. The summed E-state index contributed by atoms with van der Waals surface area (Å²) in [6.07, 6.45) is 1.76. The fourth-order valence-corrected chi connectivity index (χ4v) is 2.18. The van der Waals surface area contributed by atoms with Gasteiger partial charge in [0.25, 0.3) is 0 Å². The third-order valence-corrected chi connectivity index (χ3v) is 3.31. The average molecular weight is 310 g/mol. The summed E-state index contributed by atoms with van der Waals surface area (Å²) in [5.74, 6) is 1.06. The minimum absolute atomic E-state index is 0.306. The Balaban J connectivity index is 2.54. The summed E-state index contributed by atoms with van der Waals surface area (Å²) in [6.45, 7) is 6.17. The summed E-state index contributed by atoms with van der Waals surface area (Å²) in [7, 11) is 0. The van der Waals surface area contributed by atoms with Gasteiger partial charge in [-0.15, -0.1) is 6.58 Å². The summed E-state index contributed by atoms with van der Waals surface area (Å²) in [5.41, 5.74) is 7.50. The number of aromatic nitrogens is 2. The lowest BCUT2D eigenvalue weighted by molar-refractivity contribution is 0.621. The van der Waals surface area contributed by atoms with E-state index < -0.39 is 0 Å². The number of benzene rings is 1. The first-order valence-electron chi connectivity index (χ1n) is 5.43. The molecule has 1 aromatic heterocycles. The van der Waals surface area contributed by atoms with Crippen LogP contribution in [0.25, 0.3) is 11.3 Å². The van der Waals surface area contributed by atoms with E-state index in [-0.39, 0.29) is 5.82 Å². The highest BCUT2D eigenvalue weighted by molar-refractivity contribution is 9.10. The van der Waals surface area contributed by atoms with Gasteiger partial charge in [-0.3, -0.25) is 0 Å². The summed E-state index contributed by atoms with van der Waals surface area (Å²) in [5, 5.41) is 0. The molecule has 0 aliphatic carbocycles. The lowest BCUT2D eigenvalue weighted by atomic mass is 10.1. The lowest BCUT2D eigenvalue weighted by Crippen LogP contribution is -2.03. The molecule has 94 valence electrons. The van der Waals surface area contributed by atoms with Crippen molar-refractivity contribution in [3.63, 3.8) is 0 Å². The van der Waals surface area contributed by atoms with E-state index in [1.807, 2.05) is 11.5 Å². The molecule has 2 aromatic rings. The first kappa shape index (κ1) is 12.8. The predicted molar refractivity (Wildman–Crippen MR) is 74.7 cm³/mol. The van der Waals surface area contributed by atoms with E-state index in [0.717, 1.165) is 11.4 Å². The number of halogens is 2. The van der Waals surface area contributed by atoms with Crippen LogP contribution in [0.2, 0.25) is 0 Å². The van der Waals surface area contributed by atoms with E-state index >= 15 is 0 Å². The SMILES string of the molecule is C=CCn1c(C)nc(-c2ccc(F)c(Br)c2)c1N. The highest BCUT2D eigenvalue weighted by Gasteiger charge is 2.13. The van der Waals surface area contributed by atoms with Crippen molar-refractivity contribution >= 4 is 21.7 Å². The Morgan fingerprint density at radius 1 is 1.56 bits per heavy atom. The number of anilines is 1. The standard InChI is InChI=1S/C13H13BrFN3/c1-3-6-18-8(2)17-12(13(18)16)9-4-5-11(15)10(14)7-9/h3-5,7H,1,6,16H2,2H3. The van der Waals surface area contributed by atoms with Gasteiger partial charge in [0.1, 0.15) is 23.2 Å². The minimum Gasteiger partial charge on any atom is -0.383 e. The van der Waals surface area contributed by atoms with Gasteiger partial charge in [-0.2, -0.15) is 0 Å². The van der Waals surface area contributed by atoms with Gasteiger partial charge in [-0.1, -0.05) is 6.08 Å². The maximum absolute atomic E-state index is 13.2. The molecule has 0 saturated carbocycles. The summed E-state index contributed by atoms with van der Waals surface area (Å²) in [6, 6.07) is 4.73. The number of nitrogens with two attached hydrogens (primary N) is 1. The number of imidazole rings is 1. The molecule has 5 heteroatoms. The summed E-state index contributed by atoms with van der Waals surface area (Å²) >= 11 is 3.16. The quantitative estimate of drug-likeness (QED) is 0.881. The lowest BCUT2D eigenvalue weighted by Gasteiger charge is -2.04. The molecule has 0 bridgehead atoms. The molecule has 0 atom stereocenters. The van der Waals surface area contributed by atoms with Crippen molar-refractivity contribution in [3.8, 4) is 11.3 Å². The monoisotopic (exact) mass is 309 g/mol. The molecule has 2 rings (SSSR count). The third-order valence-electron chi connectivity index (χ3n) is 2.70. The fourth-order valence-electron chi connectivity index (χ4n) is 1.80. The largest absolute Gasteiger partial charge is 0.383 e. The van der Waals surface area contributed by atoms with Crippen LogP contribution < -0.4 is 5.73 Å². The molecule has 2 N–H and O–H groups in total. The smallest absolute Gasteiger partial charge is 0.137 e. The van der Waals surface area contributed by atoms with Crippen LogP contribution in [0.5, 0.6) is 0 Å². The number of hydrogen-bond acceptors (Lipinski definition) is 2. The number of rotatable bonds is 3. The van der Waals surface area contributed by atoms with Gasteiger partial charge in [0, 0.05) is 12.1 Å². The van der Waals surface area contributed by atoms with Crippen LogP contribution in [-0.2, 0) is 6.54 Å². The van der Waals surface area contributed by atoms with Gasteiger partial charge in [-0.25, -0.2) is 9.37 Å². The number of nitrogen functional groups attached to an aromatic ring is 1.